The third-order valence-corrected chi connectivity index (χ3v) is 2.31. The van der Waals surface area contributed by atoms with Crippen molar-refractivity contribution in [3.63, 3.8) is 0 Å². The van der Waals surface area contributed by atoms with E-state index in [1.54, 1.807) is 29.4 Å². The van der Waals surface area contributed by atoms with Gasteiger partial charge >= 0.3 is 0 Å². The molecule has 1 amide bonds. The van der Waals surface area contributed by atoms with Crippen LogP contribution in [0, 0.1) is 17.2 Å². The second-order valence-electron chi connectivity index (χ2n) is 3.61. The van der Waals surface area contributed by atoms with Crippen molar-refractivity contribution < 1.29 is 4.79 Å². The third-order valence-electron chi connectivity index (χ3n) is 2.31. The minimum Gasteiger partial charge on any atom is -0.338 e. The van der Waals surface area contributed by atoms with E-state index >= 15 is 0 Å². The summed E-state index contributed by atoms with van der Waals surface area (Å²) in [6, 6.07) is 5.49. The molecule has 0 N–H and O–H groups in total. The van der Waals surface area contributed by atoms with Gasteiger partial charge in [0.1, 0.15) is 0 Å². The van der Waals surface area contributed by atoms with Gasteiger partial charge in [-0.05, 0) is 26.0 Å². The molecule has 0 saturated carbocycles. The zero-order valence-corrected chi connectivity index (χ0v) is 9.55. The van der Waals surface area contributed by atoms with Crippen molar-refractivity contribution in [2.45, 2.75) is 13.8 Å². The number of nitrogens with zero attached hydrogens (tertiary/aromatic N) is 3. The molecule has 0 aliphatic rings. The Balaban J connectivity index is 2.75. The quantitative estimate of drug-likeness (QED) is 0.771. The molecule has 1 atom stereocenters. The number of hydrogen-bond donors (Lipinski definition) is 0. The van der Waals surface area contributed by atoms with Gasteiger partial charge in [-0.25, -0.2) is 0 Å². The van der Waals surface area contributed by atoms with Crippen LogP contribution in [-0.4, -0.2) is 28.9 Å². The number of carbonyl (C=O) groups excluding carboxylic acids is 1. The van der Waals surface area contributed by atoms with Gasteiger partial charge in [-0.3, -0.25) is 9.78 Å². The SMILES string of the molecule is CCN(CC(C)C#N)C(=O)c1ccncc1. The monoisotopic (exact) mass is 217 g/mol. The molecule has 4 heteroatoms. The second kappa shape index (κ2) is 5.86. The molecule has 0 aliphatic heterocycles. The molecule has 16 heavy (non-hydrogen) atoms. The summed E-state index contributed by atoms with van der Waals surface area (Å²) in [7, 11) is 0. The van der Waals surface area contributed by atoms with E-state index in [-0.39, 0.29) is 11.8 Å². The van der Waals surface area contributed by atoms with Gasteiger partial charge in [0.2, 0.25) is 0 Å². The fraction of sp³-hybridized carbons (Fsp3) is 0.417. The van der Waals surface area contributed by atoms with E-state index < -0.39 is 0 Å². The average molecular weight is 217 g/mol. The topological polar surface area (TPSA) is 57.0 Å². The molecular weight excluding hydrogens is 202 g/mol. The highest BCUT2D eigenvalue weighted by atomic mass is 16.2. The van der Waals surface area contributed by atoms with Crippen molar-refractivity contribution in [2.24, 2.45) is 5.92 Å². The fourth-order valence-corrected chi connectivity index (χ4v) is 1.40. The molecule has 0 saturated heterocycles. The Kier molecular flexibility index (Phi) is 4.46. The molecule has 0 aliphatic carbocycles. The first kappa shape index (κ1) is 12.2. The van der Waals surface area contributed by atoms with Gasteiger partial charge in [-0.1, -0.05) is 0 Å². The van der Waals surface area contributed by atoms with E-state index in [2.05, 4.69) is 11.1 Å². The van der Waals surface area contributed by atoms with Crippen LogP contribution >= 0.6 is 0 Å². The summed E-state index contributed by atoms with van der Waals surface area (Å²) in [5.41, 5.74) is 0.613. The molecule has 0 fully saturated rings. The minimum atomic E-state index is -0.147. The minimum absolute atomic E-state index is 0.0491. The van der Waals surface area contributed by atoms with Gasteiger partial charge in [0, 0.05) is 31.0 Å². The summed E-state index contributed by atoms with van der Waals surface area (Å²) in [5, 5.41) is 8.73. The van der Waals surface area contributed by atoms with Crippen LogP contribution in [0.25, 0.3) is 0 Å². The fourth-order valence-electron chi connectivity index (χ4n) is 1.40. The van der Waals surface area contributed by atoms with E-state index in [0.29, 0.717) is 18.7 Å². The van der Waals surface area contributed by atoms with Crippen molar-refractivity contribution in [3.05, 3.63) is 30.1 Å². The molecule has 84 valence electrons. The zero-order valence-electron chi connectivity index (χ0n) is 9.55. The maximum Gasteiger partial charge on any atom is 0.253 e. The molecule has 0 spiro atoms. The Labute approximate surface area is 95.5 Å². The Morgan fingerprint density at radius 2 is 2.19 bits per heavy atom. The van der Waals surface area contributed by atoms with Crippen LogP contribution in [-0.2, 0) is 0 Å². The largest absolute Gasteiger partial charge is 0.338 e. The molecule has 0 bridgehead atoms. The highest BCUT2D eigenvalue weighted by Crippen LogP contribution is 2.06. The molecule has 1 rings (SSSR count). The van der Waals surface area contributed by atoms with Crippen molar-refractivity contribution in [3.8, 4) is 6.07 Å². The maximum atomic E-state index is 12.0. The van der Waals surface area contributed by atoms with Gasteiger partial charge in [-0.15, -0.1) is 0 Å². The number of nitriles is 1. The summed E-state index contributed by atoms with van der Waals surface area (Å²) in [5.74, 6) is -0.197. The average Bonchev–Trinajstić information content (AvgIpc) is 2.35. The Bertz CT molecular complexity index is 383. The maximum absolute atomic E-state index is 12.0. The molecule has 1 unspecified atom stereocenters. The third kappa shape index (κ3) is 3.06. The summed E-state index contributed by atoms with van der Waals surface area (Å²) < 4.78 is 0. The Morgan fingerprint density at radius 1 is 1.56 bits per heavy atom. The smallest absolute Gasteiger partial charge is 0.253 e. The van der Waals surface area contributed by atoms with Crippen LogP contribution in [0.15, 0.2) is 24.5 Å². The molecular formula is C12H15N3O. The van der Waals surface area contributed by atoms with Crippen LogP contribution in [0.4, 0.5) is 0 Å². The summed E-state index contributed by atoms with van der Waals surface area (Å²) in [6.07, 6.45) is 3.18. The van der Waals surface area contributed by atoms with E-state index in [0.717, 1.165) is 0 Å². The van der Waals surface area contributed by atoms with Crippen LogP contribution in [0.5, 0.6) is 0 Å². The normalized spacial score (nSPS) is 11.6. The molecule has 0 radical (unpaired) electrons. The van der Waals surface area contributed by atoms with Crippen molar-refractivity contribution in [1.82, 2.24) is 9.88 Å². The van der Waals surface area contributed by atoms with Gasteiger partial charge in [0.05, 0.1) is 12.0 Å². The van der Waals surface area contributed by atoms with Crippen molar-refractivity contribution in [2.75, 3.05) is 13.1 Å². The Morgan fingerprint density at radius 3 is 2.69 bits per heavy atom. The molecule has 1 aromatic heterocycles. The standard InChI is InChI=1S/C12H15N3O/c1-3-15(9-10(2)8-13)12(16)11-4-6-14-7-5-11/h4-7,10H,3,9H2,1-2H3. The van der Waals surface area contributed by atoms with Crippen LogP contribution < -0.4 is 0 Å². The number of carbonyl (C=O) groups is 1. The first-order chi connectivity index (χ1) is 7.69. The van der Waals surface area contributed by atoms with Gasteiger partial charge in [0.15, 0.2) is 0 Å². The Hall–Kier alpha value is -1.89. The van der Waals surface area contributed by atoms with E-state index in [9.17, 15) is 4.79 Å². The van der Waals surface area contributed by atoms with E-state index in [1.807, 2.05) is 13.8 Å². The first-order valence-electron chi connectivity index (χ1n) is 5.28. The first-order valence-corrected chi connectivity index (χ1v) is 5.28. The molecule has 0 aromatic carbocycles. The van der Waals surface area contributed by atoms with Crippen LogP contribution in [0.1, 0.15) is 24.2 Å². The zero-order chi connectivity index (χ0) is 12.0. The lowest BCUT2D eigenvalue weighted by Crippen LogP contribution is -2.34. The van der Waals surface area contributed by atoms with E-state index in [4.69, 9.17) is 5.26 Å². The van der Waals surface area contributed by atoms with Gasteiger partial charge in [-0.2, -0.15) is 5.26 Å². The predicted octanol–water partition coefficient (Wildman–Crippen LogP) is 1.70. The summed E-state index contributed by atoms with van der Waals surface area (Å²) >= 11 is 0. The number of pyridine rings is 1. The van der Waals surface area contributed by atoms with Gasteiger partial charge < -0.3 is 4.90 Å². The highest BCUT2D eigenvalue weighted by molar-refractivity contribution is 5.94. The number of hydrogen-bond acceptors (Lipinski definition) is 3. The van der Waals surface area contributed by atoms with Crippen LogP contribution in [0.2, 0.25) is 0 Å². The second-order valence-corrected chi connectivity index (χ2v) is 3.61. The summed E-state index contributed by atoms with van der Waals surface area (Å²) in [6.45, 7) is 4.78. The lowest BCUT2D eigenvalue weighted by Gasteiger charge is -2.21. The highest BCUT2D eigenvalue weighted by Gasteiger charge is 2.15. The number of aromatic nitrogens is 1. The molecule has 1 heterocycles. The molecule has 1 aromatic rings. The van der Waals surface area contributed by atoms with Gasteiger partial charge in [0.25, 0.3) is 5.91 Å². The summed E-state index contributed by atoms with van der Waals surface area (Å²) in [4.78, 5) is 17.6. The van der Waals surface area contributed by atoms with E-state index in [1.165, 1.54) is 0 Å². The number of rotatable bonds is 4. The van der Waals surface area contributed by atoms with Crippen molar-refractivity contribution >= 4 is 5.91 Å². The molecule has 4 nitrogen and oxygen atoms in total. The predicted molar refractivity (Wildman–Crippen MR) is 60.6 cm³/mol. The van der Waals surface area contributed by atoms with Crippen molar-refractivity contribution in [1.29, 1.82) is 5.26 Å². The lowest BCUT2D eigenvalue weighted by atomic mass is 10.1. The lowest BCUT2D eigenvalue weighted by molar-refractivity contribution is 0.0752. The number of amides is 1. The van der Waals surface area contributed by atoms with Crippen LogP contribution in [0.3, 0.4) is 0 Å².